The maximum Gasteiger partial charge on any atom is -0.0259 e. The van der Waals surface area contributed by atoms with E-state index in [9.17, 15) is 0 Å². The lowest BCUT2D eigenvalue weighted by Gasteiger charge is -2.12. The van der Waals surface area contributed by atoms with Gasteiger partial charge in [-0.1, -0.05) is 45.8 Å². The molecule has 12 heavy (non-hydrogen) atoms. The summed E-state index contributed by atoms with van der Waals surface area (Å²) in [6.45, 7) is 7.06. The first kappa shape index (κ1) is 9.83. The highest BCUT2D eigenvalue weighted by Gasteiger charge is 2.09. The van der Waals surface area contributed by atoms with Gasteiger partial charge in [0.15, 0.2) is 0 Å². The zero-order valence-corrected chi connectivity index (χ0v) is 8.72. The third-order valence-corrected chi connectivity index (χ3v) is 2.90. The highest BCUT2D eigenvalue weighted by atomic mass is 14.2. The second-order valence-corrected chi connectivity index (χ2v) is 4.61. The summed E-state index contributed by atoms with van der Waals surface area (Å²) in [6, 6.07) is 0. The molecule has 0 fully saturated rings. The van der Waals surface area contributed by atoms with Gasteiger partial charge >= 0.3 is 0 Å². The van der Waals surface area contributed by atoms with E-state index in [-0.39, 0.29) is 0 Å². The third kappa shape index (κ3) is 3.42. The van der Waals surface area contributed by atoms with Crippen LogP contribution in [0.3, 0.4) is 0 Å². The fourth-order valence-electron chi connectivity index (χ4n) is 2.09. The van der Waals surface area contributed by atoms with Gasteiger partial charge in [-0.2, -0.15) is 0 Å². The highest BCUT2D eigenvalue weighted by Crippen LogP contribution is 2.23. The summed E-state index contributed by atoms with van der Waals surface area (Å²) in [5.74, 6) is 2.52. The Hall–Kier alpha value is -0.260. The molecule has 1 aliphatic carbocycles. The van der Waals surface area contributed by atoms with Crippen LogP contribution in [-0.4, -0.2) is 0 Å². The first-order valence-electron chi connectivity index (χ1n) is 5.37. The van der Waals surface area contributed by atoms with Crippen LogP contribution in [0.2, 0.25) is 0 Å². The van der Waals surface area contributed by atoms with Gasteiger partial charge in [0.05, 0.1) is 0 Å². The van der Waals surface area contributed by atoms with Crippen molar-refractivity contribution in [2.75, 3.05) is 0 Å². The molecular formula is C12H22. The summed E-state index contributed by atoms with van der Waals surface area (Å²) in [5, 5.41) is 0. The maximum absolute atomic E-state index is 2.41. The lowest BCUT2D eigenvalue weighted by molar-refractivity contribution is 0.420. The third-order valence-electron chi connectivity index (χ3n) is 2.90. The molecule has 70 valence electrons. The molecule has 0 saturated carbocycles. The second-order valence-electron chi connectivity index (χ2n) is 4.61. The Kier molecular flexibility index (Phi) is 3.84. The van der Waals surface area contributed by atoms with E-state index in [4.69, 9.17) is 0 Å². The van der Waals surface area contributed by atoms with E-state index in [1.165, 1.54) is 25.7 Å². The van der Waals surface area contributed by atoms with Gasteiger partial charge in [-0.25, -0.2) is 0 Å². The molecule has 0 aromatic rings. The molecule has 0 N–H and O–H groups in total. The van der Waals surface area contributed by atoms with Crippen molar-refractivity contribution in [2.45, 2.75) is 46.5 Å². The molecule has 3 atom stereocenters. The normalized spacial score (nSPS) is 38.4. The number of hydrogen-bond donors (Lipinski definition) is 0. The van der Waals surface area contributed by atoms with Crippen molar-refractivity contribution in [1.82, 2.24) is 0 Å². The summed E-state index contributed by atoms with van der Waals surface area (Å²) in [5.41, 5.74) is 0. The van der Waals surface area contributed by atoms with E-state index in [1.54, 1.807) is 0 Å². The lowest BCUT2D eigenvalue weighted by Crippen LogP contribution is -1.99. The minimum absolute atomic E-state index is 0.792. The topological polar surface area (TPSA) is 0 Å². The molecule has 0 aromatic carbocycles. The van der Waals surface area contributed by atoms with Crippen molar-refractivity contribution in [3.63, 3.8) is 0 Å². The molecule has 0 spiro atoms. The van der Waals surface area contributed by atoms with Gasteiger partial charge in [-0.15, -0.1) is 0 Å². The van der Waals surface area contributed by atoms with Crippen molar-refractivity contribution in [1.29, 1.82) is 0 Å². The van der Waals surface area contributed by atoms with Crippen molar-refractivity contribution in [3.8, 4) is 0 Å². The van der Waals surface area contributed by atoms with Crippen molar-refractivity contribution >= 4 is 0 Å². The Labute approximate surface area is 77.1 Å². The predicted molar refractivity (Wildman–Crippen MR) is 55.1 cm³/mol. The second kappa shape index (κ2) is 4.69. The highest BCUT2D eigenvalue weighted by molar-refractivity contribution is 4.91. The Bertz CT molecular complexity index is 146. The van der Waals surface area contributed by atoms with Crippen molar-refractivity contribution < 1.29 is 0 Å². The molecule has 1 rings (SSSR count). The van der Waals surface area contributed by atoms with Gasteiger partial charge in [0.25, 0.3) is 0 Å². The number of hydrogen-bond acceptors (Lipinski definition) is 0. The van der Waals surface area contributed by atoms with Crippen LogP contribution in [0.4, 0.5) is 0 Å². The molecule has 0 aliphatic heterocycles. The average Bonchev–Trinajstić information content (AvgIpc) is 2.05. The van der Waals surface area contributed by atoms with E-state index in [0.717, 1.165) is 17.8 Å². The lowest BCUT2D eigenvalue weighted by atomic mass is 9.94. The molecule has 3 unspecified atom stereocenters. The van der Waals surface area contributed by atoms with E-state index in [0.29, 0.717) is 0 Å². The summed E-state index contributed by atoms with van der Waals surface area (Å²) in [6.07, 6.45) is 10.4. The molecule has 0 heterocycles. The van der Waals surface area contributed by atoms with Crippen LogP contribution in [-0.2, 0) is 0 Å². The largest absolute Gasteiger partial charge is 0.0854 e. The summed E-state index contributed by atoms with van der Waals surface area (Å²) in [7, 11) is 0. The van der Waals surface area contributed by atoms with Gasteiger partial charge in [0, 0.05) is 0 Å². The Morgan fingerprint density at radius 2 is 1.58 bits per heavy atom. The minimum atomic E-state index is 0.792. The Balaban J connectivity index is 2.48. The first-order chi connectivity index (χ1) is 5.68. The summed E-state index contributed by atoms with van der Waals surface area (Å²) < 4.78 is 0. The van der Waals surface area contributed by atoms with Crippen LogP contribution in [0.15, 0.2) is 12.2 Å². The fraction of sp³-hybridized carbons (Fsp3) is 0.833. The number of rotatable bonds is 0. The molecule has 0 bridgehead atoms. The van der Waals surface area contributed by atoms with Gasteiger partial charge in [0.2, 0.25) is 0 Å². The van der Waals surface area contributed by atoms with Crippen molar-refractivity contribution in [2.24, 2.45) is 17.8 Å². The van der Waals surface area contributed by atoms with Crippen LogP contribution < -0.4 is 0 Å². The Morgan fingerprint density at radius 1 is 0.917 bits per heavy atom. The summed E-state index contributed by atoms with van der Waals surface area (Å²) in [4.78, 5) is 0. The SMILES string of the molecule is CC1C=CC(C)CC(C)CCC1. The van der Waals surface area contributed by atoms with E-state index >= 15 is 0 Å². The predicted octanol–water partition coefficient (Wildman–Crippen LogP) is 4.02. The minimum Gasteiger partial charge on any atom is -0.0854 e. The molecule has 0 nitrogen and oxygen atoms in total. The van der Waals surface area contributed by atoms with E-state index in [1.807, 2.05) is 0 Å². The van der Waals surface area contributed by atoms with E-state index in [2.05, 4.69) is 32.9 Å². The van der Waals surface area contributed by atoms with Crippen LogP contribution in [0, 0.1) is 17.8 Å². The van der Waals surface area contributed by atoms with Gasteiger partial charge in [-0.3, -0.25) is 0 Å². The smallest absolute Gasteiger partial charge is 0.0259 e. The molecule has 0 amide bonds. The van der Waals surface area contributed by atoms with Crippen LogP contribution in [0.5, 0.6) is 0 Å². The molecule has 0 aromatic heterocycles. The van der Waals surface area contributed by atoms with Gasteiger partial charge in [0.1, 0.15) is 0 Å². The Morgan fingerprint density at radius 3 is 2.33 bits per heavy atom. The summed E-state index contributed by atoms with van der Waals surface area (Å²) >= 11 is 0. The van der Waals surface area contributed by atoms with Crippen molar-refractivity contribution in [3.05, 3.63) is 12.2 Å². The first-order valence-corrected chi connectivity index (χ1v) is 5.37. The molecule has 0 radical (unpaired) electrons. The van der Waals surface area contributed by atoms with Crippen LogP contribution >= 0.6 is 0 Å². The van der Waals surface area contributed by atoms with Crippen LogP contribution in [0.1, 0.15) is 46.5 Å². The zero-order valence-electron chi connectivity index (χ0n) is 8.72. The van der Waals surface area contributed by atoms with E-state index < -0.39 is 0 Å². The van der Waals surface area contributed by atoms with Gasteiger partial charge in [-0.05, 0) is 30.6 Å². The van der Waals surface area contributed by atoms with Gasteiger partial charge < -0.3 is 0 Å². The quantitative estimate of drug-likeness (QED) is 0.477. The molecule has 0 saturated heterocycles. The average molecular weight is 166 g/mol. The molecular weight excluding hydrogens is 144 g/mol. The molecule has 1 aliphatic rings. The monoisotopic (exact) mass is 166 g/mol. The maximum atomic E-state index is 2.41. The number of allylic oxidation sites excluding steroid dienone is 2. The van der Waals surface area contributed by atoms with Crippen LogP contribution in [0.25, 0.3) is 0 Å². The standard InChI is InChI=1S/C12H22/c1-10-5-4-6-11(2)9-12(3)8-7-10/h7-8,10-12H,4-6,9H2,1-3H3. The molecule has 0 heteroatoms. The zero-order chi connectivity index (χ0) is 8.97. The fourth-order valence-corrected chi connectivity index (χ4v) is 2.09.